The maximum atomic E-state index is 12.8. The van der Waals surface area contributed by atoms with Crippen LogP contribution in [-0.4, -0.2) is 53.5 Å². The first-order valence-corrected chi connectivity index (χ1v) is 14.0. The summed E-state index contributed by atoms with van der Waals surface area (Å²) in [4.78, 5) is 17.3. The molecule has 2 aliphatic rings. The summed E-state index contributed by atoms with van der Waals surface area (Å²) in [5, 5.41) is 10.3. The van der Waals surface area contributed by atoms with Crippen LogP contribution in [0.4, 0.5) is 0 Å². The summed E-state index contributed by atoms with van der Waals surface area (Å²) < 4.78 is 0. The molecule has 0 unspecified atom stereocenters. The summed E-state index contributed by atoms with van der Waals surface area (Å²) in [6, 6.07) is 16.1. The number of hydrogen-bond acceptors (Lipinski definition) is 3. The molecule has 1 saturated carbocycles. The Hall–Kier alpha value is -2.33. The number of carbonyl (C=O) groups excluding carboxylic acids is 1. The van der Waals surface area contributed by atoms with Gasteiger partial charge < -0.3 is 14.9 Å². The van der Waals surface area contributed by atoms with Gasteiger partial charge in [-0.15, -0.1) is 0 Å². The van der Waals surface area contributed by atoms with Gasteiger partial charge in [-0.1, -0.05) is 56.4 Å². The Morgan fingerprint density at radius 1 is 0.971 bits per heavy atom. The number of likely N-dealkylation sites (tertiary alicyclic amines) is 1. The normalized spacial score (nSPS) is 18.9. The van der Waals surface area contributed by atoms with Crippen LogP contribution in [0, 0.1) is 5.92 Å². The molecule has 4 rings (SSSR count). The van der Waals surface area contributed by atoms with Gasteiger partial charge in [-0.2, -0.15) is 0 Å². The van der Waals surface area contributed by atoms with Crippen molar-refractivity contribution in [2.75, 3.05) is 32.7 Å². The number of piperidine rings is 1. The van der Waals surface area contributed by atoms with Crippen molar-refractivity contribution in [3.8, 4) is 5.75 Å². The van der Waals surface area contributed by atoms with E-state index in [1.165, 1.54) is 62.6 Å². The molecule has 0 bridgehead atoms. The molecule has 1 amide bonds. The third kappa shape index (κ3) is 6.09. The topological polar surface area (TPSA) is 43.8 Å². The van der Waals surface area contributed by atoms with E-state index >= 15 is 0 Å². The molecule has 0 aromatic heterocycles. The SMILES string of the molecule is CCN(CC)C(=O)c1ccc(C2(c3cccc(O)c3)CCN(CCCC3CCCCC3)CC2)cc1. The third-order valence-electron chi connectivity index (χ3n) is 8.65. The highest BCUT2D eigenvalue weighted by molar-refractivity contribution is 5.94. The van der Waals surface area contributed by atoms with E-state index in [1.54, 1.807) is 6.07 Å². The van der Waals surface area contributed by atoms with Crippen LogP contribution >= 0.6 is 0 Å². The molecule has 1 heterocycles. The molecule has 0 atom stereocenters. The number of aromatic hydroxyl groups is 1. The van der Waals surface area contributed by atoms with Gasteiger partial charge in [-0.3, -0.25) is 4.79 Å². The molecule has 0 radical (unpaired) electrons. The number of nitrogens with zero attached hydrogens (tertiary/aromatic N) is 2. The zero-order valence-electron chi connectivity index (χ0n) is 21.8. The zero-order valence-corrected chi connectivity index (χ0v) is 21.8. The molecule has 0 spiro atoms. The molecule has 4 nitrogen and oxygen atoms in total. The average molecular weight is 477 g/mol. The van der Waals surface area contributed by atoms with Crippen molar-refractivity contribution in [2.45, 2.75) is 77.0 Å². The summed E-state index contributed by atoms with van der Waals surface area (Å²) in [5.74, 6) is 1.38. The lowest BCUT2D eigenvalue weighted by atomic mass is 9.68. The molecule has 190 valence electrons. The Bertz CT molecular complexity index is 937. The van der Waals surface area contributed by atoms with Gasteiger partial charge in [0, 0.05) is 24.1 Å². The molecule has 1 aliphatic carbocycles. The van der Waals surface area contributed by atoms with Crippen LogP contribution in [-0.2, 0) is 5.41 Å². The predicted octanol–water partition coefficient (Wildman–Crippen LogP) is 6.62. The highest BCUT2D eigenvalue weighted by Crippen LogP contribution is 2.43. The van der Waals surface area contributed by atoms with Crippen molar-refractivity contribution >= 4 is 5.91 Å². The number of phenolic OH excluding ortho intramolecular Hbond substituents is 1. The summed E-state index contributed by atoms with van der Waals surface area (Å²) in [6.07, 6.45) is 11.9. The molecular weight excluding hydrogens is 432 g/mol. The number of hydrogen-bond donors (Lipinski definition) is 1. The third-order valence-corrected chi connectivity index (χ3v) is 8.65. The molecule has 1 saturated heterocycles. The first kappa shape index (κ1) is 25.8. The monoisotopic (exact) mass is 476 g/mol. The molecule has 35 heavy (non-hydrogen) atoms. The van der Waals surface area contributed by atoms with Gasteiger partial charge in [-0.25, -0.2) is 0 Å². The van der Waals surface area contributed by atoms with E-state index in [-0.39, 0.29) is 11.3 Å². The lowest BCUT2D eigenvalue weighted by molar-refractivity contribution is 0.0773. The molecule has 1 N–H and O–H groups in total. The zero-order chi connectivity index (χ0) is 24.7. The van der Waals surface area contributed by atoms with Gasteiger partial charge in [0.25, 0.3) is 5.91 Å². The van der Waals surface area contributed by atoms with E-state index in [1.807, 2.05) is 43.0 Å². The molecule has 2 fully saturated rings. The molecule has 4 heteroatoms. The minimum absolute atomic E-state index is 0.0979. The van der Waals surface area contributed by atoms with E-state index in [0.29, 0.717) is 5.75 Å². The Balaban J connectivity index is 1.47. The molecule has 2 aromatic rings. The lowest BCUT2D eigenvalue weighted by Crippen LogP contribution is -2.43. The van der Waals surface area contributed by atoms with Crippen LogP contribution in [0.5, 0.6) is 5.75 Å². The summed E-state index contributed by atoms with van der Waals surface area (Å²) >= 11 is 0. The van der Waals surface area contributed by atoms with Crippen molar-refractivity contribution in [2.24, 2.45) is 5.92 Å². The second-order valence-corrected chi connectivity index (χ2v) is 10.7. The fraction of sp³-hybridized carbons (Fsp3) is 0.581. The molecule has 1 aliphatic heterocycles. The maximum Gasteiger partial charge on any atom is 0.253 e. The largest absolute Gasteiger partial charge is 0.508 e. The van der Waals surface area contributed by atoms with Crippen molar-refractivity contribution < 1.29 is 9.90 Å². The van der Waals surface area contributed by atoms with Crippen LogP contribution in [0.1, 0.15) is 93.1 Å². The quantitative estimate of drug-likeness (QED) is 0.442. The second-order valence-electron chi connectivity index (χ2n) is 10.7. The minimum atomic E-state index is -0.130. The first-order chi connectivity index (χ1) is 17.1. The van der Waals surface area contributed by atoms with Crippen LogP contribution in [0.15, 0.2) is 48.5 Å². The number of phenols is 1. The van der Waals surface area contributed by atoms with Gasteiger partial charge in [0.15, 0.2) is 0 Å². The van der Waals surface area contributed by atoms with Gasteiger partial charge in [0.2, 0.25) is 0 Å². The number of rotatable bonds is 9. The lowest BCUT2D eigenvalue weighted by Gasteiger charge is -2.43. The van der Waals surface area contributed by atoms with Crippen molar-refractivity contribution in [3.05, 3.63) is 65.2 Å². The minimum Gasteiger partial charge on any atom is -0.508 e. The number of carbonyl (C=O) groups is 1. The van der Waals surface area contributed by atoms with Gasteiger partial charge in [-0.05, 0) is 100 Å². The molecular formula is C31H44N2O2. The summed E-state index contributed by atoms with van der Waals surface area (Å²) in [7, 11) is 0. The van der Waals surface area contributed by atoms with Crippen molar-refractivity contribution in [1.29, 1.82) is 0 Å². The van der Waals surface area contributed by atoms with Gasteiger partial charge in [0.1, 0.15) is 5.75 Å². The van der Waals surface area contributed by atoms with Crippen LogP contribution in [0.3, 0.4) is 0 Å². The maximum absolute atomic E-state index is 12.8. The predicted molar refractivity (Wildman–Crippen MR) is 144 cm³/mol. The standard InChI is InChI=1S/C31H44N2O2/c1-3-33(4-2)30(35)26-15-17-27(18-16-26)31(28-13-8-14-29(34)24-28)19-22-32(23-20-31)21-9-12-25-10-6-5-7-11-25/h8,13-18,24-25,34H,3-7,9-12,19-23H2,1-2H3. The Labute approximate surface area is 212 Å². The number of amides is 1. The summed E-state index contributed by atoms with van der Waals surface area (Å²) in [5.41, 5.74) is 3.06. The van der Waals surface area contributed by atoms with Crippen LogP contribution in [0.2, 0.25) is 0 Å². The van der Waals surface area contributed by atoms with E-state index < -0.39 is 0 Å². The van der Waals surface area contributed by atoms with Gasteiger partial charge >= 0.3 is 0 Å². The average Bonchev–Trinajstić information content (AvgIpc) is 2.90. The highest BCUT2D eigenvalue weighted by Gasteiger charge is 2.38. The number of benzene rings is 2. The van der Waals surface area contributed by atoms with E-state index in [9.17, 15) is 9.90 Å². The first-order valence-electron chi connectivity index (χ1n) is 14.0. The van der Waals surface area contributed by atoms with E-state index in [0.717, 1.165) is 50.5 Å². The van der Waals surface area contributed by atoms with Crippen LogP contribution < -0.4 is 0 Å². The van der Waals surface area contributed by atoms with Crippen molar-refractivity contribution in [3.63, 3.8) is 0 Å². The second kappa shape index (κ2) is 12.1. The smallest absolute Gasteiger partial charge is 0.253 e. The van der Waals surface area contributed by atoms with Crippen molar-refractivity contribution in [1.82, 2.24) is 9.80 Å². The van der Waals surface area contributed by atoms with E-state index in [2.05, 4.69) is 23.1 Å². The fourth-order valence-electron chi connectivity index (χ4n) is 6.41. The van der Waals surface area contributed by atoms with E-state index in [4.69, 9.17) is 0 Å². The molecule has 2 aromatic carbocycles. The van der Waals surface area contributed by atoms with Crippen LogP contribution in [0.25, 0.3) is 0 Å². The summed E-state index contributed by atoms with van der Waals surface area (Å²) in [6.45, 7) is 8.83. The Kier molecular flexibility index (Phi) is 8.89. The Morgan fingerprint density at radius 2 is 1.66 bits per heavy atom. The Morgan fingerprint density at radius 3 is 2.29 bits per heavy atom. The highest BCUT2D eigenvalue weighted by atomic mass is 16.3. The van der Waals surface area contributed by atoms with Gasteiger partial charge in [0.05, 0.1) is 0 Å². The fourth-order valence-corrected chi connectivity index (χ4v) is 6.41.